The smallest absolute Gasteiger partial charge is 0.134 e. The molecule has 0 saturated carbocycles. The van der Waals surface area contributed by atoms with Crippen molar-refractivity contribution in [1.82, 2.24) is 5.32 Å². The highest BCUT2D eigenvalue weighted by Gasteiger charge is 2.07. The zero-order valence-electron chi connectivity index (χ0n) is 10.8. The van der Waals surface area contributed by atoms with Gasteiger partial charge < -0.3 is 10.4 Å². The van der Waals surface area contributed by atoms with E-state index in [-0.39, 0.29) is 5.75 Å². The Kier molecular flexibility index (Phi) is 5.79. The Labute approximate surface area is 109 Å². The summed E-state index contributed by atoms with van der Waals surface area (Å²) in [5.74, 6) is 0.893. The molecule has 0 fully saturated rings. The quantitative estimate of drug-likeness (QED) is 0.807. The van der Waals surface area contributed by atoms with Crippen LogP contribution in [0.25, 0.3) is 0 Å². The topological polar surface area (TPSA) is 32.3 Å². The van der Waals surface area contributed by atoms with E-state index in [9.17, 15) is 5.11 Å². The van der Waals surface area contributed by atoms with Gasteiger partial charge in [-0.15, -0.1) is 0 Å². The number of rotatable bonds is 6. The number of hydrogen-bond donors (Lipinski definition) is 2. The van der Waals surface area contributed by atoms with Crippen molar-refractivity contribution in [2.24, 2.45) is 5.92 Å². The summed E-state index contributed by atoms with van der Waals surface area (Å²) in [4.78, 5) is 0. The maximum atomic E-state index is 9.32. The fraction of sp³-hybridized carbons (Fsp3) is 0.571. The Bertz CT molecular complexity index is 354. The lowest BCUT2D eigenvalue weighted by Crippen LogP contribution is -2.27. The summed E-state index contributed by atoms with van der Waals surface area (Å²) in [6.07, 6.45) is 2.40. The Morgan fingerprint density at radius 1 is 1.35 bits per heavy atom. The second-order valence-corrected chi connectivity index (χ2v) is 5.22. The van der Waals surface area contributed by atoms with Crippen LogP contribution in [-0.2, 0) is 6.54 Å². The number of benzene rings is 1. The zero-order chi connectivity index (χ0) is 12.8. The molecule has 0 saturated heterocycles. The van der Waals surface area contributed by atoms with Gasteiger partial charge in [-0.05, 0) is 37.0 Å². The van der Waals surface area contributed by atoms with Crippen LogP contribution in [-0.4, -0.2) is 11.1 Å². The van der Waals surface area contributed by atoms with Gasteiger partial charge in [-0.25, -0.2) is 0 Å². The largest absolute Gasteiger partial charge is 0.506 e. The molecule has 0 aromatic heterocycles. The minimum atomic E-state index is 0.142. The van der Waals surface area contributed by atoms with Gasteiger partial charge in [0.05, 0.1) is 5.02 Å². The Morgan fingerprint density at radius 3 is 2.65 bits per heavy atom. The first kappa shape index (κ1) is 14.3. The molecule has 2 atom stereocenters. The first-order chi connectivity index (χ1) is 8.02. The number of hydrogen-bond acceptors (Lipinski definition) is 2. The monoisotopic (exact) mass is 255 g/mol. The lowest BCUT2D eigenvalue weighted by atomic mass is 10.0. The van der Waals surface area contributed by atoms with E-state index in [4.69, 9.17) is 11.6 Å². The summed E-state index contributed by atoms with van der Waals surface area (Å²) >= 11 is 5.86. The zero-order valence-corrected chi connectivity index (χ0v) is 11.6. The average Bonchev–Trinajstić information content (AvgIpc) is 2.30. The minimum absolute atomic E-state index is 0.142. The van der Waals surface area contributed by atoms with Gasteiger partial charge in [0.15, 0.2) is 0 Å². The van der Waals surface area contributed by atoms with Gasteiger partial charge >= 0.3 is 0 Å². The van der Waals surface area contributed by atoms with E-state index in [1.165, 1.54) is 12.8 Å². The van der Waals surface area contributed by atoms with E-state index in [2.05, 4.69) is 26.1 Å². The third-order valence-corrected chi connectivity index (χ3v) is 3.42. The van der Waals surface area contributed by atoms with Crippen LogP contribution in [0, 0.1) is 5.92 Å². The van der Waals surface area contributed by atoms with E-state index < -0.39 is 0 Å². The van der Waals surface area contributed by atoms with Crippen molar-refractivity contribution in [3.8, 4) is 5.75 Å². The molecule has 0 bridgehead atoms. The van der Waals surface area contributed by atoms with E-state index in [1.807, 2.05) is 6.07 Å². The summed E-state index contributed by atoms with van der Waals surface area (Å²) in [5.41, 5.74) is 1.10. The van der Waals surface area contributed by atoms with Crippen LogP contribution in [0.1, 0.15) is 39.2 Å². The van der Waals surface area contributed by atoms with E-state index >= 15 is 0 Å². The van der Waals surface area contributed by atoms with Crippen LogP contribution in [0.2, 0.25) is 5.02 Å². The van der Waals surface area contributed by atoms with Gasteiger partial charge in [-0.2, -0.15) is 0 Å². The third-order valence-electron chi connectivity index (χ3n) is 3.12. The van der Waals surface area contributed by atoms with Gasteiger partial charge in [-0.3, -0.25) is 0 Å². The summed E-state index contributed by atoms with van der Waals surface area (Å²) in [6.45, 7) is 7.48. The summed E-state index contributed by atoms with van der Waals surface area (Å²) in [7, 11) is 0. The Hall–Kier alpha value is -0.730. The molecule has 2 unspecified atom stereocenters. The molecule has 1 rings (SSSR count). The van der Waals surface area contributed by atoms with Crippen molar-refractivity contribution in [2.75, 3.05) is 0 Å². The van der Waals surface area contributed by atoms with Crippen molar-refractivity contribution in [2.45, 2.75) is 46.2 Å². The van der Waals surface area contributed by atoms with Gasteiger partial charge in [0.1, 0.15) is 5.75 Å². The highest BCUT2D eigenvalue weighted by atomic mass is 35.5. The second-order valence-electron chi connectivity index (χ2n) is 4.82. The van der Waals surface area contributed by atoms with Crippen molar-refractivity contribution in [3.05, 3.63) is 28.8 Å². The molecule has 3 heteroatoms. The third kappa shape index (κ3) is 4.97. The average molecular weight is 256 g/mol. The van der Waals surface area contributed by atoms with Crippen LogP contribution in [0.3, 0.4) is 0 Å². The van der Waals surface area contributed by atoms with Crippen molar-refractivity contribution in [3.63, 3.8) is 0 Å². The van der Waals surface area contributed by atoms with Crippen LogP contribution in [0.4, 0.5) is 0 Å². The lowest BCUT2D eigenvalue weighted by molar-refractivity contribution is 0.412. The molecule has 0 spiro atoms. The number of phenolic OH excluding ortho intramolecular Hbond substituents is 1. The summed E-state index contributed by atoms with van der Waals surface area (Å²) in [6, 6.07) is 5.83. The molecule has 1 aromatic rings. The minimum Gasteiger partial charge on any atom is -0.506 e. The number of aromatic hydroxyl groups is 1. The van der Waals surface area contributed by atoms with Crippen molar-refractivity contribution < 1.29 is 5.11 Å². The molecule has 0 aliphatic heterocycles. The molecule has 0 heterocycles. The van der Waals surface area contributed by atoms with E-state index in [0.29, 0.717) is 11.1 Å². The maximum Gasteiger partial charge on any atom is 0.134 e. The Balaban J connectivity index is 2.42. The van der Waals surface area contributed by atoms with E-state index in [0.717, 1.165) is 18.0 Å². The van der Waals surface area contributed by atoms with Crippen LogP contribution in [0.15, 0.2) is 18.2 Å². The fourth-order valence-corrected chi connectivity index (χ4v) is 2.01. The summed E-state index contributed by atoms with van der Waals surface area (Å²) in [5, 5.41) is 13.2. The van der Waals surface area contributed by atoms with Crippen LogP contribution >= 0.6 is 11.6 Å². The highest BCUT2D eigenvalue weighted by molar-refractivity contribution is 6.32. The number of nitrogens with one attached hydrogen (secondary N) is 1. The van der Waals surface area contributed by atoms with Gasteiger partial charge in [0.2, 0.25) is 0 Å². The molecule has 2 N–H and O–H groups in total. The van der Waals surface area contributed by atoms with Crippen LogP contribution < -0.4 is 5.32 Å². The molecule has 0 radical (unpaired) electrons. The lowest BCUT2D eigenvalue weighted by Gasteiger charge is -2.17. The molecule has 0 aliphatic rings. The predicted octanol–water partition coefficient (Wildman–Crippen LogP) is 3.96. The first-order valence-corrected chi connectivity index (χ1v) is 6.61. The molecule has 1 aromatic carbocycles. The fourth-order valence-electron chi connectivity index (χ4n) is 1.81. The van der Waals surface area contributed by atoms with Crippen molar-refractivity contribution in [1.29, 1.82) is 0 Å². The SMILES string of the molecule is CCC(C)CC(C)NCc1ccc(O)c(Cl)c1. The molecular weight excluding hydrogens is 234 g/mol. The molecule has 0 aliphatic carbocycles. The normalized spacial score (nSPS) is 14.6. The molecule has 2 nitrogen and oxygen atoms in total. The maximum absolute atomic E-state index is 9.32. The highest BCUT2D eigenvalue weighted by Crippen LogP contribution is 2.23. The predicted molar refractivity (Wildman–Crippen MR) is 73.5 cm³/mol. The molecule has 96 valence electrons. The van der Waals surface area contributed by atoms with E-state index in [1.54, 1.807) is 12.1 Å². The molecule has 17 heavy (non-hydrogen) atoms. The molecular formula is C14H22ClNO. The standard InChI is InChI=1S/C14H22ClNO/c1-4-10(2)7-11(3)16-9-12-5-6-14(17)13(15)8-12/h5-6,8,10-11,16-17H,4,7,9H2,1-3H3. The second kappa shape index (κ2) is 6.87. The van der Waals surface area contributed by atoms with Crippen molar-refractivity contribution >= 4 is 11.6 Å². The number of halogens is 1. The van der Waals surface area contributed by atoms with Gasteiger partial charge in [0.25, 0.3) is 0 Å². The number of phenols is 1. The summed E-state index contributed by atoms with van der Waals surface area (Å²) < 4.78 is 0. The van der Waals surface area contributed by atoms with Gasteiger partial charge in [0, 0.05) is 12.6 Å². The van der Waals surface area contributed by atoms with Gasteiger partial charge in [-0.1, -0.05) is 37.9 Å². The first-order valence-electron chi connectivity index (χ1n) is 6.23. The molecule has 0 amide bonds. The van der Waals surface area contributed by atoms with Crippen LogP contribution in [0.5, 0.6) is 5.75 Å². The Morgan fingerprint density at radius 2 is 2.06 bits per heavy atom.